The first-order chi connectivity index (χ1) is 8.40. The zero-order valence-electron chi connectivity index (χ0n) is 10.0. The van der Waals surface area contributed by atoms with Crippen LogP contribution in [-0.2, 0) is 6.42 Å². The Kier molecular flexibility index (Phi) is 2.69. The molecule has 1 heterocycles. The van der Waals surface area contributed by atoms with Crippen molar-refractivity contribution in [3.05, 3.63) is 54.1 Å². The van der Waals surface area contributed by atoms with E-state index < -0.39 is 0 Å². The van der Waals surface area contributed by atoms with Crippen LogP contribution in [0.3, 0.4) is 0 Å². The van der Waals surface area contributed by atoms with Crippen LogP contribution in [0.25, 0.3) is 0 Å². The fourth-order valence-electron chi connectivity index (χ4n) is 2.88. The molecule has 0 bridgehead atoms. The lowest BCUT2D eigenvalue weighted by Gasteiger charge is -2.34. The first-order valence-corrected chi connectivity index (χ1v) is 6.12. The standard InChI is InChI=1S/C14H17N3/c1-15-14-12-5-3-2-4-11(12)6-7-13(14)17-9-8-16-10-17/h2-5,8-10,13-15H,6-7H2,1H3. The Morgan fingerprint density at radius 1 is 1.35 bits per heavy atom. The lowest BCUT2D eigenvalue weighted by Crippen LogP contribution is -2.31. The maximum absolute atomic E-state index is 4.16. The Hall–Kier alpha value is -1.61. The Morgan fingerprint density at radius 3 is 3.00 bits per heavy atom. The van der Waals surface area contributed by atoms with Gasteiger partial charge in [-0.05, 0) is 31.0 Å². The fourth-order valence-corrected chi connectivity index (χ4v) is 2.88. The summed E-state index contributed by atoms with van der Waals surface area (Å²) in [4.78, 5) is 4.16. The van der Waals surface area contributed by atoms with Crippen LogP contribution in [0.2, 0.25) is 0 Å². The molecule has 0 saturated carbocycles. The molecule has 3 rings (SSSR count). The van der Waals surface area contributed by atoms with Gasteiger partial charge >= 0.3 is 0 Å². The van der Waals surface area contributed by atoms with Gasteiger partial charge in [0.25, 0.3) is 0 Å². The lowest BCUT2D eigenvalue weighted by atomic mass is 9.84. The van der Waals surface area contributed by atoms with Crippen LogP contribution in [0.1, 0.15) is 29.6 Å². The summed E-state index contributed by atoms with van der Waals surface area (Å²) in [6, 6.07) is 9.58. The van der Waals surface area contributed by atoms with Gasteiger partial charge in [0.1, 0.15) is 0 Å². The zero-order chi connectivity index (χ0) is 11.7. The first-order valence-electron chi connectivity index (χ1n) is 6.12. The Morgan fingerprint density at radius 2 is 2.24 bits per heavy atom. The second kappa shape index (κ2) is 4.34. The number of aromatic nitrogens is 2. The van der Waals surface area contributed by atoms with Crippen LogP contribution >= 0.6 is 0 Å². The average molecular weight is 227 g/mol. The molecule has 2 atom stereocenters. The van der Waals surface area contributed by atoms with Gasteiger partial charge in [-0.1, -0.05) is 24.3 Å². The smallest absolute Gasteiger partial charge is 0.0949 e. The Bertz CT molecular complexity index is 490. The van der Waals surface area contributed by atoms with E-state index in [1.54, 1.807) is 0 Å². The van der Waals surface area contributed by atoms with Gasteiger partial charge in [-0.3, -0.25) is 0 Å². The van der Waals surface area contributed by atoms with Crippen molar-refractivity contribution in [2.45, 2.75) is 24.9 Å². The molecule has 0 amide bonds. The van der Waals surface area contributed by atoms with Crippen molar-refractivity contribution < 1.29 is 0 Å². The number of likely N-dealkylation sites (N-methyl/N-ethyl adjacent to an activating group) is 1. The predicted molar refractivity (Wildman–Crippen MR) is 67.8 cm³/mol. The van der Waals surface area contributed by atoms with E-state index in [4.69, 9.17) is 0 Å². The molecule has 2 aromatic rings. The Labute approximate surface area is 101 Å². The highest BCUT2D eigenvalue weighted by molar-refractivity contribution is 5.33. The minimum absolute atomic E-state index is 0.383. The number of hydrogen-bond acceptors (Lipinski definition) is 2. The van der Waals surface area contributed by atoms with Gasteiger partial charge in [-0.15, -0.1) is 0 Å². The molecule has 0 radical (unpaired) electrons. The van der Waals surface area contributed by atoms with E-state index in [1.807, 2.05) is 19.6 Å². The number of nitrogens with one attached hydrogen (secondary N) is 1. The fraction of sp³-hybridized carbons (Fsp3) is 0.357. The lowest BCUT2D eigenvalue weighted by molar-refractivity contribution is 0.332. The zero-order valence-corrected chi connectivity index (χ0v) is 10.0. The van der Waals surface area contributed by atoms with Crippen LogP contribution in [0, 0.1) is 0 Å². The van der Waals surface area contributed by atoms with Crippen LogP contribution in [-0.4, -0.2) is 16.6 Å². The van der Waals surface area contributed by atoms with Crippen LogP contribution in [0.5, 0.6) is 0 Å². The van der Waals surface area contributed by atoms with E-state index in [0.29, 0.717) is 12.1 Å². The molecule has 1 aromatic heterocycles. The van der Waals surface area contributed by atoms with Crippen LogP contribution in [0.4, 0.5) is 0 Å². The molecule has 0 aliphatic heterocycles. The van der Waals surface area contributed by atoms with Crippen molar-refractivity contribution in [3.63, 3.8) is 0 Å². The van der Waals surface area contributed by atoms with E-state index in [0.717, 1.165) is 6.42 Å². The Balaban J connectivity index is 2.00. The van der Waals surface area contributed by atoms with Crippen LogP contribution in [0.15, 0.2) is 43.0 Å². The second-order valence-corrected chi connectivity index (χ2v) is 4.58. The number of aryl methyl sites for hydroxylation is 1. The molecule has 17 heavy (non-hydrogen) atoms. The van der Waals surface area contributed by atoms with Gasteiger partial charge in [-0.25, -0.2) is 4.98 Å². The summed E-state index contributed by atoms with van der Waals surface area (Å²) in [5.41, 5.74) is 2.91. The van der Waals surface area contributed by atoms with Gasteiger partial charge in [0.05, 0.1) is 18.4 Å². The maximum atomic E-state index is 4.16. The van der Waals surface area contributed by atoms with Crippen molar-refractivity contribution in [1.29, 1.82) is 0 Å². The van der Waals surface area contributed by atoms with Gasteiger partial charge in [-0.2, -0.15) is 0 Å². The number of hydrogen-bond donors (Lipinski definition) is 1. The highest BCUT2D eigenvalue weighted by atomic mass is 15.1. The summed E-state index contributed by atoms with van der Waals surface area (Å²) >= 11 is 0. The average Bonchev–Trinajstić information content (AvgIpc) is 2.91. The molecule has 3 heteroatoms. The second-order valence-electron chi connectivity index (χ2n) is 4.58. The van der Waals surface area contributed by atoms with E-state index in [2.05, 4.69) is 45.3 Å². The van der Waals surface area contributed by atoms with Crippen LogP contribution < -0.4 is 5.32 Å². The number of fused-ring (bicyclic) bond motifs is 1. The summed E-state index contributed by atoms with van der Waals surface area (Å²) in [5.74, 6) is 0. The molecule has 2 unspecified atom stereocenters. The van der Waals surface area contributed by atoms with Gasteiger partial charge in [0.15, 0.2) is 0 Å². The molecule has 0 saturated heterocycles. The third kappa shape index (κ3) is 1.76. The molecular formula is C14H17N3. The van der Waals surface area contributed by atoms with Crippen molar-refractivity contribution in [2.75, 3.05) is 7.05 Å². The topological polar surface area (TPSA) is 29.9 Å². The largest absolute Gasteiger partial charge is 0.333 e. The van der Waals surface area contributed by atoms with Crippen molar-refractivity contribution in [1.82, 2.24) is 14.9 Å². The minimum Gasteiger partial charge on any atom is -0.333 e. The maximum Gasteiger partial charge on any atom is 0.0949 e. The summed E-state index contributed by atoms with van der Waals surface area (Å²) < 4.78 is 2.22. The summed E-state index contributed by atoms with van der Waals surface area (Å²) in [5, 5.41) is 3.45. The highest BCUT2D eigenvalue weighted by Gasteiger charge is 2.28. The molecule has 3 nitrogen and oxygen atoms in total. The third-order valence-electron chi connectivity index (χ3n) is 3.70. The highest BCUT2D eigenvalue weighted by Crippen LogP contribution is 2.36. The quantitative estimate of drug-likeness (QED) is 0.853. The molecule has 1 aliphatic rings. The SMILES string of the molecule is CNC1c2ccccc2CCC1n1ccnc1. The third-order valence-corrected chi connectivity index (χ3v) is 3.70. The minimum atomic E-state index is 0.383. The number of imidazole rings is 1. The monoisotopic (exact) mass is 227 g/mol. The van der Waals surface area contributed by atoms with Gasteiger partial charge < -0.3 is 9.88 Å². The van der Waals surface area contributed by atoms with Gasteiger partial charge in [0, 0.05) is 12.4 Å². The van der Waals surface area contributed by atoms with E-state index in [-0.39, 0.29) is 0 Å². The van der Waals surface area contributed by atoms with Gasteiger partial charge in [0.2, 0.25) is 0 Å². The van der Waals surface area contributed by atoms with Crippen molar-refractivity contribution in [3.8, 4) is 0 Å². The normalized spacial score (nSPS) is 23.4. The van der Waals surface area contributed by atoms with E-state index in [9.17, 15) is 0 Å². The molecular weight excluding hydrogens is 210 g/mol. The van der Waals surface area contributed by atoms with E-state index in [1.165, 1.54) is 17.5 Å². The summed E-state index contributed by atoms with van der Waals surface area (Å²) in [7, 11) is 2.04. The van der Waals surface area contributed by atoms with Crippen molar-refractivity contribution in [2.24, 2.45) is 0 Å². The summed E-state index contributed by atoms with van der Waals surface area (Å²) in [6.45, 7) is 0. The molecule has 88 valence electrons. The molecule has 0 spiro atoms. The molecule has 1 aromatic carbocycles. The molecule has 1 aliphatic carbocycles. The number of rotatable bonds is 2. The molecule has 1 N–H and O–H groups in total. The molecule has 0 fully saturated rings. The van der Waals surface area contributed by atoms with E-state index >= 15 is 0 Å². The first kappa shape index (κ1) is 10.5. The van der Waals surface area contributed by atoms with Crippen molar-refractivity contribution >= 4 is 0 Å². The number of benzene rings is 1. The summed E-state index contributed by atoms with van der Waals surface area (Å²) in [6.07, 6.45) is 8.15. The predicted octanol–water partition coefficient (Wildman–Crippen LogP) is 2.33. The number of nitrogens with zero attached hydrogens (tertiary/aromatic N) is 2.